The Hall–Kier alpha value is -3.53. The number of rotatable bonds is 2. The van der Waals surface area contributed by atoms with Gasteiger partial charge < -0.3 is 14.3 Å². The van der Waals surface area contributed by atoms with Gasteiger partial charge in [-0.3, -0.25) is 4.98 Å². The molecule has 1 saturated carbocycles. The SMILES string of the molecule is CC1C=C(C2CCCC2)c2cccc3nc(-c4[c-]cccc4)n1c23.CC1Oc2cccnc2-c2[c-]cccc21.[Ir]. The second kappa shape index (κ2) is 11.2. The predicted octanol–water partition coefficient (Wildman–Crippen LogP) is 8.65. The van der Waals surface area contributed by atoms with Crippen molar-refractivity contribution in [2.75, 3.05) is 0 Å². The number of benzene rings is 3. The largest absolute Gasteiger partial charge is 0.503 e. The summed E-state index contributed by atoms with van der Waals surface area (Å²) in [6.07, 6.45) is 9.75. The monoisotopic (exact) mass is 702 g/mol. The maximum atomic E-state index is 5.78. The first kappa shape index (κ1) is 26.7. The Labute approximate surface area is 249 Å². The van der Waals surface area contributed by atoms with Crippen LogP contribution in [0.1, 0.15) is 62.8 Å². The molecule has 1 radical (unpaired) electrons. The minimum atomic E-state index is 0. The third-order valence-electron chi connectivity index (χ3n) is 8.23. The van der Waals surface area contributed by atoms with Gasteiger partial charge in [-0.2, -0.15) is 0 Å². The summed E-state index contributed by atoms with van der Waals surface area (Å²) in [4.78, 5) is 9.30. The van der Waals surface area contributed by atoms with Crippen LogP contribution in [0.3, 0.4) is 0 Å². The summed E-state index contributed by atoms with van der Waals surface area (Å²) >= 11 is 0. The molecular weight excluding hydrogens is 671 g/mol. The summed E-state index contributed by atoms with van der Waals surface area (Å²) in [6.45, 7) is 4.33. The van der Waals surface area contributed by atoms with Crippen LogP contribution in [0.25, 0.3) is 39.3 Å². The topological polar surface area (TPSA) is 39.9 Å². The summed E-state index contributed by atoms with van der Waals surface area (Å²) in [5.74, 6) is 2.61. The molecule has 203 valence electrons. The van der Waals surface area contributed by atoms with E-state index in [9.17, 15) is 0 Å². The fourth-order valence-corrected chi connectivity index (χ4v) is 6.44. The van der Waals surface area contributed by atoms with Crippen LogP contribution in [0.2, 0.25) is 0 Å². The van der Waals surface area contributed by atoms with Crippen LogP contribution in [-0.4, -0.2) is 14.5 Å². The molecule has 2 atom stereocenters. The van der Waals surface area contributed by atoms with Gasteiger partial charge in [0.1, 0.15) is 5.75 Å². The Balaban J connectivity index is 0.000000156. The Morgan fingerprint density at radius 2 is 1.75 bits per heavy atom. The van der Waals surface area contributed by atoms with Crippen molar-refractivity contribution in [3.05, 3.63) is 108 Å². The van der Waals surface area contributed by atoms with E-state index in [2.05, 4.69) is 71.1 Å². The van der Waals surface area contributed by atoms with Crippen molar-refractivity contribution >= 4 is 16.6 Å². The smallest absolute Gasteiger partial charge is 0.103 e. The van der Waals surface area contributed by atoms with Crippen molar-refractivity contribution in [1.82, 2.24) is 14.5 Å². The molecule has 40 heavy (non-hydrogen) atoms. The molecule has 3 aliphatic rings. The molecule has 0 saturated heterocycles. The van der Waals surface area contributed by atoms with Gasteiger partial charge in [0.05, 0.1) is 23.0 Å². The first-order chi connectivity index (χ1) is 19.2. The molecule has 5 aromatic rings. The minimum Gasteiger partial charge on any atom is -0.503 e. The van der Waals surface area contributed by atoms with E-state index in [-0.39, 0.29) is 26.2 Å². The Morgan fingerprint density at radius 1 is 0.900 bits per heavy atom. The fraction of sp³-hybridized carbons (Fsp3) is 0.257. The predicted molar refractivity (Wildman–Crippen MR) is 156 cm³/mol. The summed E-state index contributed by atoms with van der Waals surface area (Å²) < 4.78 is 8.17. The van der Waals surface area contributed by atoms with Crippen LogP contribution in [0.15, 0.2) is 85.1 Å². The van der Waals surface area contributed by atoms with Crippen molar-refractivity contribution in [2.24, 2.45) is 5.92 Å². The Bertz CT molecular complexity index is 1680. The van der Waals surface area contributed by atoms with E-state index < -0.39 is 0 Å². The molecule has 5 heteroatoms. The number of hydrogen-bond acceptors (Lipinski definition) is 3. The van der Waals surface area contributed by atoms with Crippen molar-refractivity contribution in [3.8, 4) is 28.4 Å². The van der Waals surface area contributed by atoms with Gasteiger partial charge >= 0.3 is 0 Å². The first-order valence-corrected chi connectivity index (χ1v) is 14.0. The van der Waals surface area contributed by atoms with Crippen molar-refractivity contribution < 1.29 is 24.8 Å². The van der Waals surface area contributed by atoms with Gasteiger partial charge in [-0.1, -0.05) is 36.6 Å². The molecule has 0 bridgehead atoms. The first-order valence-electron chi connectivity index (χ1n) is 14.0. The van der Waals surface area contributed by atoms with Gasteiger partial charge in [-0.05, 0) is 56.4 Å². The minimum absolute atomic E-state index is 0. The van der Waals surface area contributed by atoms with Crippen molar-refractivity contribution in [2.45, 2.75) is 51.7 Å². The van der Waals surface area contributed by atoms with Crippen molar-refractivity contribution in [3.63, 3.8) is 0 Å². The number of fused-ring (bicyclic) bond motifs is 3. The van der Waals surface area contributed by atoms with Gasteiger partial charge in [0.15, 0.2) is 0 Å². The van der Waals surface area contributed by atoms with Crippen LogP contribution in [0, 0.1) is 18.1 Å². The maximum Gasteiger partial charge on any atom is 0.103 e. The van der Waals surface area contributed by atoms with E-state index in [1.54, 1.807) is 11.8 Å². The standard InChI is InChI=1S/C22H21N2.C13H10NO.Ir/c1-15-14-19(16-8-5-6-9-16)18-12-7-13-20-21(18)24(15)22(23-20)17-10-3-2-4-11-17;1-9-10-5-2-3-6-11(10)13-12(15-9)7-4-8-14-13;/h2-4,7,10,12-16H,5-6,8-9H2,1H3;2-5,7-9H,1H3;/q2*-1;. The summed E-state index contributed by atoms with van der Waals surface area (Å²) in [5.41, 5.74) is 9.55. The maximum absolute atomic E-state index is 5.78. The number of hydrogen-bond donors (Lipinski definition) is 0. The van der Waals surface area contributed by atoms with E-state index in [0.717, 1.165) is 45.4 Å². The molecule has 4 heterocycles. The number of nitrogens with zero attached hydrogens (tertiary/aromatic N) is 3. The van der Waals surface area contributed by atoms with Crippen molar-refractivity contribution in [1.29, 1.82) is 0 Å². The number of pyridine rings is 1. The van der Waals surface area contributed by atoms with Crippen LogP contribution < -0.4 is 4.74 Å². The third kappa shape index (κ3) is 4.62. The van der Waals surface area contributed by atoms with Gasteiger partial charge in [0.25, 0.3) is 0 Å². The number of ether oxygens (including phenoxy) is 1. The molecule has 1 fully saturated rings. The number of allylic oxidation sites excluding steroid dienone is 2. The molecule has 1 aliphatic carbocycles. The zero-order chi connectivity index (χ0) is 26.3. The van der Waals surface area contributed by atoms with Gasteiger partial charge in [0.2, 0.25) is 0 Å². The Morgan fingerprint density at radius 3 is 2.58 bits per heavy atom. The molecule has 0 amide bonds. The number of aromatic nitrogens is 3. The normalized spacial score (nSPS) is 18.9. The zero-order valence-electron chi connectivity index (χ0n) is 22.7. The molecule has 8 rings (SSSR count). The average Bonchev–Trinajstić information content (AvgIpc) is 3.66. The summed E-state index contributed by atoms with van der Waals surface area (Å²) in [6, 6.07) is 31.4. The third-order valence-corrected chi connectivity index (χ3v) is 8.23. The molecule has 2 aromatic heterocycles. The second-order valence-electron chi connectivity index (χ2n) is 10.7. The molecule has 2 aliphatic heterocycles. The summed E-state index contributed by atoms with van der Waals surface area (Å²) in [5, 5.41) is 0. The molecule has 0 spiro atoms. The van der Waals surface area contributed by atoms with E-state index >= 15 is 0 Å². The van der Waals surface area contributed by atoms with Crippen LogP contribution >= 0.6 is 0 Å². The zero-order valence-corrected chi connectivity index (χ0v) is 25.1. The van der Waals surface area contributed by atoms with Gasteiger partial charge in [-0.15, -0.1) is 65.7 Å². The molecule has 2 unspecified atom stereocenters. The summed E-state index contributed by atoms with van der Waals surface area (Å²) in [7, 11) is 0. The Kier molecular flexibility index (Phi) is 7.44. The second-order valence-corrected chi connectivity index (χ2v) is 10.7. The van der Waals surface area contributed by atoms with Gasteiger partial charge in [-0.25, -0.2) is 0 Å². The van der Waals surface area contributed by atoms with Gasteiger partial charge in [0, 0.05) is 43.6 Å². The van der Waals surface area contributed by atoms with E-state index in [1.165, 1.54) is 36.8 Å². The van der Waals surface area contributed by atoms with Crippen LogP contribution in [0.5, 0.6) is 5.75 Å². The van der Waals surface area contributed by atoms with Crippen LogP contribution in [-0.2, 0) is 20.1 Å². The molecule has 3 aromatic carbocycles. The van der Waals surface area contributed by atoms with E-state index in [1.807, 2.05) is 43.3 Å². The molecule has 4 nitrogen and oxygen atoms in total. The van der Waals surface area contributed by atoms with E-state index in [0.29, 0.717) is 6.04 Å². The number of imidazole rings is 1. The average molecular weight is 702 g/mol. The number of para-hydroxylation sites is 1. The molecular formula is C35H31IrN3O-2. The quantitative estimate of drug-likeness (QED) is 0.173. The van der Waals surface area contributed by atoms with E-state index in [4.69, 9.17) is 9.72 Å². The van der Waals surface area contributed by atoms with Crippen LogP contribution in [0.4, 0.5) is 0 Å². The molecule has 0 N–H and O–H groups in total. The fourth-order valence-electron chi connectivity index (χ4n) is 6.44.